The Kier molecular flexibility index (Phi) is 7.74. The SMILES string of the molecule is COc1cc(/C=N\Nc2ccc(C(F)(F)F)cc2[N+](=O)[O-])ccc1OCc1ccc(I)cc1. The van der Waals surface area contributed by atoms with Gasteiger partial charge in [0.1, 0.15) is 12.3 Å². The fourth-order valence-corrected chi connectivity index (χ4v) is 3.11. The smallest absolute Gasteiger partial charge is 0.416 e. The van der Waals surface area contributed by atoms with Crippen molar-refractivity contribution in [2.24, 2.45) is 5.10 Å². The summed E-state index contributed by atoms with van der Waals surface area (Å²) in [6.07, 6.45) is -3.33. The Morgan fingerprint density at radius 3 is 2.45 bits per heavy atom. The standard InChI is InChI=1S/C22H17F3IN3O4/c1-32-21-10-15(4-9-20(21)33-13-14-2-6-17(26)7-3-14)12-27-28-18-8-5-16(22(23,24)25)11-19(18)29(30)31/h2-12,28H,13H2,1H3/b27-12-. The van der Waals surface area contributed by atoms with E-state index in [9.17, 15) is 23.3 Å². The maximum absolute atomic E-state index is 12.8. The van der Waals surface area contributed by atoms with Crippen molar-refractivity contribution in [1.82, 2.24) is 0 Å². The van der Waals surface area contributed by atoms with Crippen molar-refractivity contribution in [2.75, 3.05) is 12.5 Å². The molecule has 3 rings (SSSR count). The molecular formula is C22H17F3IN3O4. The summed E-state index contributed by atoms with van der Waals surface area (Å²) in [5.74, 6) is 0.963. The highest BCUT2D eigenvalue weighted by Crippen LogP contribution is 2.35. The Bertz CT molecular complexity index is 1170. The summed E-state index contributed by atoms with van der Waals surface area (Å²) in [7, 11) is 1.48. The minimum atomic E-state index is -4.69. The van der Waals surface area contributed by atoms with Crippen LogP contribution in [0.5, 0.6) is 11.5 Å². The van der Waals surface area contributed by atoms with Crippen molar-refractivity contribution in [3.05, 3.63) is 91.0 Å². The molecule has 0 aliphatic rings. The molecule has 3 aromatic rings. The Morgan fingerprint density at radius 1 is 1.09 bits per heavy atom. The topological polar surface area (TPSA) is 86.0 Å². The van der Waals surface area contributed by atoms with Gasteiger partial charge in [0, 0.05) is 9.64 Å². The minimum Gasteiger partial charge on any atom is -0.493 e. The molecular weight excluding hydrogens is 554 g/mol. The van der Waals surface area contributed by atoms with Crippen LogP contribution in [0, 0.1) is 13.7 Å². The van der Waals surface area contributed by atoms with E-state index >= 15 is 0 Å². The van der Waals surface area contributed by atoms with Crippen molar-refractivity contribution in [3.63, 3.8) is 0 Å². The molecule has 0 saturated carbocycles. The van der Waals surface area contributed by atoms with Gasteiger partial charge in [0.05, 0.1) is 23.8 Å². The minimum absolute atomic E-state index is 0.173. The Balaban J connectivity index is 1.71. The van der Waals surface area contributed by atoms with E-state index in [1.54, 1.807) is 18.2 Å². The molecule has 0 amide bonds. The van der Waals surface area contributed by atoms with Gasteiger partial charge in [-0.1, -0.05) is 12.1 Å². The lowest BCUT2D eigenvalue weighted by atomic mass is 10.1. The van der Waals surface area contributed by atoms with Gasteiger partial charge in [0.15, 0.2) is 11.5 Å². The van der Waals surface area contributed by atoms with E-state index in [4.69, 9.17) is 9.47 Å². The molecule has 0 atom stereocenters. The Morgan fingerprint density at radius 2 is 1.82 bits per heavy atom. The molecule has 3 aromatic carbocycles. The van der Waals surface area contributed by atoms with Gasteiger partial charge in [-0.3, -0.25) is 15.5 Å². The molecule has 0 aliphatic carbocycles. The Hall–Kier alpha value is -3.35. The third kappa shape index (κ3) is 6.57. The van der Waals surface area contributed by atoms with Crippen LogP contribution in [0.3, 0.4) is 0 Å². The van der Waals surface area contributed by atoms with Crippen molar-refractivity contribution >= 4 is 40.2 Å². The lowest BCUT2D eigenvalue weighted by molar-refractivity contribution is -0.384. The van der Waals surface area contributed by atoms with E-state index in [0.29, 0.717) is 29.7 Å². The lowest BCUT2D eigenvalue weighted by Gasteiger charge is -2.11. The largest absolute Gasteiger partial charge is 0.493 e. The maximum Gasteiger partial charge on any atom is 0.416 e. The molecule has 7 nitrogen and oxygen atoms in total. The first kappa shape index (κ1) is 24.3. The number of alkyl halides is 3. The van der Waals surface area contributed by atoms with E-state index in [-0.39, 0.29) is 5.69 Å². The third-order valence-corrected chi connectivity index (χ3v) is 5.13. The van der Waals surface area contributed by atoms with E-state index in [2.05, 4.69) is 33.1 Å². The number of hydrogen-bond donors (Lipinski definition) is 1. The number of halogens is 4. The summed E-state index contributed by atoms with van der Waals surface area (Å²) in [4.78, 5) is 10.2. The number of ether oxygens (including phenoxy) is 2. The molecule has 1 N–H and O–H groups in total. The Labute approximate surface area is 200 Å². The summed E-state index contributed by atoms with van der Waals surface area (Å²) in [5.41, 5.74) is 1.96. The summed E-state index contributed by atoms with van der Waals surface area (Å²) < 4.78 is 50.7. The van der Waals surface area contributed by atoms with E-state index in [1.807, 2.05) is 24.3 Å². The van der Waals surface area contributed by atoms with Gasteiger partial charge in [-0.25, -0.2) is 0 Å². The van der Waals surface area contributed by atoms with Gasteiger partial charge in [-0.2, -0.15) is 18.3 Å². The zero-order chi connectivity index (χ0) is 24.0. The zero-order valence-electron chi connectivity index (χ0n) is 17.1. The van der Waals surface area contributed by atoms with Crippen LogP contribution < -0.4 is 14.9 Å². The average Bonchev–Trinajstić information content (AvgIpc) is 2.78. The second kappa shape index (κ2) is 10.5. The van der Waals surface area contributed by atoms with Crippen LogP contribution in [0.4, 0.5) is 24.5 Å². The molecule has 0 saturated heterocycles. The van der Waals surface area contributed by atoms with Crippen molar-refractivity contribution in [2.45, 2.75) is 12.8 Å². The van der Waals surface area contributed by atoms with Gasteiger partial charge in [0.2, 0.25) is 0 Å². The van der Waals surface area contributed by atoms with Crippen LogP contribution in [-0.2, 0) is 12.8 Å². The van der Waals surface area contributed by atoms with Crippen molar-refractivity contribution in [3.8, 4) is 11.5 Å². The van der Waals surface area contributed by atoms with Crippen LogP contribution in [-0.4, -0.2) is 18.2 Å². The summed E-state index contributed by atoms with van der Waals surface area (Å²) >= 11 is 2.22. The molecule has 0 aliphatic heterocycles. The van der Waals surface area contributed by atoms with Crippen LogP contribution in [0.15, 0.2) is 65.8 Å². The number of nitrogens with zero attached hydrogens (tertiary/aromatic N) is 2. The van der Waals surface area contributed by atoms with Crippen LogP contribution in [0.25, 0.3) is 0 Å². The van der Waals surface area contributed by atoms with Crippen molar-refractivity contribution in [1.29, 1.82) is 0 Å². The third-order valence-electron chi connectivity index (χ3n) is 4.42. The van der Waals surface area contributed by atoms with Gasteiger partial charge < -0.3 is 9.47 Å². The zero-order valence-corrected chi connectivity index (χ0v) is 19.3. The highest BCUT2D eigenvalue weighted by Gasteiger charge is 2.33. The van der Waals surface area contributed by atoms with E-state index in [1.165, 1.54) is 13.3 Å². The molecule has 33 heavy (non-hydrogen) atoms. The molecule has 0 heterocycles. The molecule has 172 valence electrons. The first-order valence-corrected chi connectivity index (χ1v) is 10.5. The van der Waals surface area contributed by atoms with E-state index < -0.39 is 22.4 Å². The highest BCUT2D eigenvalue weighted by atomic mass is 127. The number of methoxy groups -OCH3 is 1. The number of hydrazone groups is 1. The van der Waals surface area contributed by atoms with Gasteiger partial charge in [0.25, 0.3) is 5.69 Å². The summed E-state index contributed by atoms with van der Waals surface area (Å²) in [6, 6.07) is 15.1. The second-order valence-electron chi connectivity index (χ2n) is 6.68. The van der Waals surface area contributed by atoms with Crippen LogP contribution in [0.1, 0.15) is 16.7 Å². The van der Waals surface area contributed by atoms with Gasteiger partial charge >= 0.3 is 6.18 Å². The molecule has 0 fully saturated rings. The average molecular weight is 571 g/mol. The maximum atomic E-state index is 12.8. The predicted octanol–water partition coefficient (Wildman–Crippen LogP) is 6.25. The van der Waals surface area contributed by atoms with E-state index in [0.717, 1.165) is 21.3 Å². The van der Waals surface area contributed by atoms with Crippen LogP contribution in [0.2, 0.25) is 0 Å². The van der Waals surface area contributed by atoms with Crippen molar-refractivity contribution < 1.29 is 27.6 Å². The first-order chi connectivity index (χ1) is 15.7. The number of nitro benzene ring substituents is 1. The molecule has 11 heteroatoms. The molecule has 0 radical (unpaired) electrons. The number of nitro groups is 1. The number of anilines is 1. The molecule has 0 bridgehead atoms. The van der Waals surface area contributed by atoms with Gasteiger partial charge in [-0.05, 0) is 76.2 Å². The number of nitrogens with one attached hydrogen (secondary N) is 1. The second-order valence-corrected chi connectivity index (χ2v) is 7.93. The quantitative estimate of drug-likeness (QED) is 0.150. The molecule has 0 unspecified atom stereocenters. The number of hydrogen-bond acceptors (Lipinski definition) is 6. The van der Waals surface area contributed by atoms with Gasteiger partial charge in [-0.15, -0.1) is 0 Å². The number of benzene rings is 3. The summed E-state index contributed by atoms with van der Waals surface area (Å²) in [6.45, 7) is 0.347. The first-order valence-electron chi connectivity index (χ1n) is 9.37. The van der Waals surface area contributed by atoms with Crippen LogP contribution >= 0.6 is 22.6 Å². The fraction of sp³-hybridized carbons (Fsp3) is 0.136. The number of rotatable bonds is 8. The highest BCUT2D eigenvalue weighted by molar-refractivity contribution is 14.1. The molecule has 0 aromatic heterocycles. The summed E-state index contributed by atoms with van der Waals surface area (Å²) in [5, 5.41) is 15.0. The fourth-order valence-electron chi connectivity index (χ4n) is 2.76. The molecule has 0 spiro atoms. The lowest BCUT2D eigenvalue weighted by Crippen LogP contribution is -2.06. The normalized spacial score (nSPS) is 11.4. The predicted molar refractivity (Wildman–Crippen MR) is 126 cm³/mol. The monoisotopic (exact) mass is 571 g/mol.